The molecule has 1 aromatic carbocycles. The smallest absolute Gasteiger partial charge is 0.254 e. The summed E-state index contributed by atoms with van der Waals surface area (Å²) in [5.41, 5.74) is 2.93. The zero-order valence-corrected chi connectivity index (χ0v) is 12.0. The van der Waals surface area contributed by atoms with E-state index >= 15 is 0 Å². The van der Waals surface area contributed by atoms with Crippen LogP contribution < -0.4 is 4.90 Å². The number of hydrogen-bond acceptors (Lipinski definition) is 1. The molecule has 1 aromatic rings. The minimum Gasteiger partial charge on any atom is -0.308 e. The first-order valence-electron chi connectivity index (χ1n) is 7.05. The second kappa shape index (κ2) is 6.90. The zero-order chi connectivity index (χ0) is 14.4. The lowest BCUT2D eigenvalue weighted by molar-refractivity contribution is -0.115. The van der Waals surface area contributed by atoms with E-state index in [0.29, 0.717) is 6.54 Å². The molecule has 0 saturated carbocycles. The molecule has 104 valence electrons. The number of anilines is 1. The Hall–Kier alpha value is -2.09. The Morgan fingerprint density at radius 3 is 2.65 bits per heavy atom. The van der Waals surface area contributed by atoms with E-state index in [-0.39, 0.29) is 5.91 Å². The molecule has 2 rings (SSSR count). The summed E-state index contributed by atoms with van der Waals surface area (Å²) in [6.07, 6.45) is 8.59. The Morgan fingerprint density at radius 2 is 2.05 bits per heavy atom. The minimum absolute atomic E-state index is 0.113. The highest BCUT2D eigenvalue weighted by atomic mass is 16.2. The summed E-state index contributed by atoms with van der Waals surface area (Å²) in [6.45, 7) is 6.60. The highest BCUT2D eigenvalue weighted by Crippen LogP contribution is 2.21. The molecule has 20 heavy (non-hydrogen) atoms. The van der Waals surface area contributed by atoms with Gasteiger partial charge in [-0.25, -0.2) is 0 Å². The maximum Gasteiger partial charge on any atom is 0.254 e. The number of carbonyl (C=O) groups excluding carboxylic acids is 1. The molecule has 0 bridgehead atoms. The van der Waals surface area contributed by atoms with E-state index in [1.807, 2.05) is 54.3 Å². The van der Waals surface area contributed by atoms with Gasteiger partial charge in [0.25, 0.3) is 5.91 Å². The van der Waals surface area contributed by atoms with Crippen molar-refractivity contribution in [2.45, 2.75) is 26.2 Å². The molecule has 1 aliphatic carbocycles. The monoisotopic (exact) mass is 267 g/mol. The van der Waals surface area contributed by atoms with Crippen LogP contribution in [-0.4, -0.2) is 12.5 Å². The van der Waals surface area contributed by atoms with Crippen LogP contribution in [0.25, 0.3) is 0 Å². The summed E-state index contributed by atoms with van der Waals surface area (Å²) in [5.74, 6) is 0.113. The highest BCUT2D eigenvalue weighted by Gasteiger charge is 2.19. The van der Waals surface area contributed by atoms with E-state index in [1.54, 1.807) is 0 Å². The summed E-state index contributed by atoms with van der Waals surface area (Å²) in [4.78, 5) is 14.6. The predicted octanol–water partition coefficient (Wildman–Crippen LogP) is 4.26. The van der Waals surface area contributed by atoms with Gasteiger partial charge in [-0.05, 0) is 38.3 Å². The van der Waals surface area contributed by atoms with Gasteiger partial charge in [0, 0.05) is 17.8 Å². The van der Waals surface area contributed by atoms with E-state index in [4.69, 9.17) is 0 Å². The van der Waals surface area contributed by atoms with Crippen molar-refractivity contribution in [1.82, 2.24) is 0 Å². The molecule has 2 heteroatoms. The molecule has 0 N–H and O–H groups in total. The molecular weight excluding hydrogens is 246 g/mol. The van der Waals surface area contributed by atoms with Gasteiger partial charge in [-0.3, -0.25) is 4.79 Å². The third-order valence-corrected chi connectivity index (χ3v) is 3.36. The van der Waals surface area contributed by atoms with Crippen LogP contribution in [0.15, 0.2) is 66.3 Å². The van der Waals surface area contributed by atoms with Crippen molar-refractivity contribution >= 4 is 11.6 Å². The summed E-state index contributed by atoms with van der Waals surface area (Å²) < 4.78 is 0. The maximum atomic E-state index is 12.7. The fourth-order valence-corrected chi connectivity index (χ4v) is 2.21. The number of benzene rings is 1. The molecular formula is C18H21NO. The number of nitrogens with zero attached hydrogens (tertiary/aromatic N) is 1. The van der Waals surface area contributed by atoms with Crippen LogP contribution in [0, 0.1) is 0 Å². The zero-order valence-electron chi connectivity index (χ0n) is 12.0. The van der Waals surface area contributed by atoms with Gasteiger partial charge in [-0.2, -0.15) is 0 Å². The van der Waals surface area contributed by atoms with Crippen molar-refractivity contribution in [3.8, 4) is 0 Å². The molecule has 1 aliphatic rings. The normalized spacial score (nSPS) is 13.8. The Bertz CT molecular complexity index is 540. The topological polar surface area (TPSA) is 20.3 Å². The fraction of sp³-hybridized carbons (Fsp3) is 0.278. The number of carbonyl (C=O) groups is 1. The first-order chi connectivity index (χ1) is 9.68. The molecule has 0 radical (unpaired) electrons. The lowest BCUT2D eigenvalue weighted by Gasteiger charge is -2.24. The van der Waals surface area contributed by atoms with Gasteiger partial charge in [0.1, 0.15) is 0 Å². The SMILES string of the molecule is C=C(C)CCN(C(=O)C1=CC=CCC1)c1ccccc1. The van der Waals surface area contributed by atoms with Gasteiger partial charge in [0.05, 0.1) is 0 Å². The first kappa shape index (κ1) is 14.3. The Kier molecular flexibility index (Phi) is 4.94. The summed E-state index contributed by atoms with van der Waals surface area (Å²) in [6, 6.07) is 9.86. The van der Waals surface area contributed by atoms with Crippen LogP contribution in [0.5, 0.6) is 0 Å². The van der Waals surface area contributed by atoms with E-state index in [0.717, 1.165) is 36.1 Å². The largest absolute Gasteiger partial charge is 0.308 e. The van der Waals surface area contributed by atoms with Gasteiger partial charge in [-0.15, -0.1) is 6.58 Å². The van der Waals surface area contributed by atoms with Crippen molar-refractivity contribution in [3.63, 3.8) is 0 Å². The predicted molar refractivity (Wildman–Crippen MR) is 84.7 cm³/mol. The van der Waals surface area contributed by atoms with Crippen LogP contribution in [0.2, 0.25) is 0 Å². The van der Waals surface area contributed by atoms with E-state index in [9.17, 15) is 4.79 Å². The van der Waals surface area contributed by atoms with Gasteiger partial charge in [-0.1, -0.05) is 42.0 Å². The average molecular weight is 267 g/mol. The van der Waals surface area contributed by atoms with Crippen molar-refractivity contribution in [2.75, 3.05) is 11.4 Å². The van der Waals surface area contributed by atoms with Gasteiger partial charge in [0.2, 0.25) is 0 Å². The molecule has 0 unspecified atom stereocenters. The van der Waals surface area contributed by atoms with E-state index < -0.39 is 0 Å². The molecule has 0 atom stereocenters. The quantitative estimate of drug-likeness (QED) is 0.730. The number of amides is 1. The number of rotatable bonds is 5. The Labute approximate surface area is 121 Å². The summed E-state index contributed by atoms with van der Waals surface area (Å²) in [7, 11) is 0. The molecule has 0 fully saturated rings. The Morgan fingerprint density at radius 1 is 1.30 bits per heavy atom. The second-order valence-corrected chi connectivity index (χ2v) is 5.16. The maximum absolute atomic E-state index is 12.7. The minimum atomic E-state index is 0.113. The first-order valence-corrected chi connectivity index (χ1v) is 7.05. The third-order valence-electron chi connectivity index (χ3n) is 3.36. The highest BCUT2D eigenvalue weighted by molar-refractivity contribution is 6.05. The van der Waals surface area contributed by atoms with Gasteiger partial charge in [0.15, 0.2) is 0 Å². The molecule has 0 heterocycles. The van der Waals surface area contributed by atoms with Crippen molar-refractivity contribution in [1.29, 1.82) is 0 Å². The van der Waals surface area contributed by atoms with Gasteiger partial charge < -0.3 is 4.90 Å². The third kappa shape index (κ3) is 3.70. The number of para-hydroxylation sites is 1. The fourth-order valence-electron chi connectivity index (χ4n) is 2.21. The molecule has 0 aliphatic heterocycles. The summed E-state index contributed by atoms with van der Waals surface area (Å²) >= 11 is 0. The standard InChI is InChI=1S/C18H21NO/c1-15(2)13-14-19(17-11-7-4-8-12-17)18(20)16-9-5-3-6-10-16/h3-5,7-9,11-12H,1,6,10,13-14H2,2H3. The second-order valence-electron chi connectivity index (χ2n) is 5.16. The lowest BCUT2D eigenvalue weighted by Crippen LogP contribution is -2.33. The van der Waals surface area contributed by atoms with Crippen LogP contribution in [-0.2, 0) is 4.79 Å². The molecule has 0 aromatic heterocycles. The van der Waals surface area contributed by atoms with Gasteiger partial charge >= 0.3 is 0 Å². The molecule has 2 nitrogen and oxygen atoms in total. The van der Waals surface area contributed by atoms with Crippen LogP contribution in [0.4, 0.5) is 5.69 Å². The lowest BCUT2D eigenvalue weighted by atomic mass is 10.0. The molecule has 1 amide bonds. The summed E-state index contributed by atoms with van der Waals surface area (Å²) in [5, 5.41) is 0. The van der Waals surface area contributed by atoms with Crippen molar-refractivity contribution in [3.05, 3.63) is 66.3 Å². The van der Waals surface area contributed by atoms with Crippen LogP contribution in [0.3, 0.4) is 0 Å². The van der Waals surface area contributed by atoms with E-state index in [2.05, 4.69) is 12.7 Å². The Balaban J connectivity index is 2.21. The molecule has 0 spiro atoms. The van der Waals surface area contributed by atoms with Crippen LogP contribution >= 0.6 is 0 Å². The van der Waals surface area contributed by atoms with E-state index in [1.165, 1.54) is 0 Å². The van der Waals surface area contributed by atoms with Crippen molar-refractivity contribution in [2.24, 2.45) is 0 Å². The van der Waals surface area contributed by atoms with Crippen molar-refractivity contribution < 1.29 is 4.79 Å². The average Bonchev–Trinajstić information content (AvgIpc) is 2.49. The number of allylic oxidation sites excluding steroid dienone is 3. The number of hydrogen-bond donors (Lipinski definition) is 0. The molecule has 0 saturated heterocycles. The van der Waals surface area contributed by atoms with Crippen LogP contribution in [0.1, 0.15) is 26.2 Å².